The van der Waals surface area contributed by atoms with E-state index in [1.165, 1.54) is 16.2 Å². The van der Waals surface area contributed by atoms with E-state index < -0.39 is 11.8 Å². The van der Waals surface area contributed by atoms with E-state index in [4.69, 9.17) is 5.73 Å². The molecule has 2 heterocycles. The highest BCUT2D eigenvalue weighted by atomic mass is 32.1. The van der Waals surface area contributed by atoms with E-state index in [-0.39, 0.29) is 19.0 Å². The number of thiophene rings is 1. The Morgan fingerprint density at radius 1 is 1.41 bits per heavy atom. The number of piperazine rings is 1. The Morgan fingerprint density at radius 3 is 2.47 bits per heavy atom. The summed E-state index contributed by atoms with van der Waals surface area (Å²) >= 11 is 1.26. The average molecular weight is 253 g/mol. The van der Waals surface area contributed by atoms with Crippen LogP contribution in [0.5, 0.6) is 0 Å². The molecule has 0 bridgehead atoms. The number of hydrogen-bond acceptors (Lipinski definition) is 5. The molecule has 0 aromatic carbocycles. The summed E-state index contributed by atoms with van der Waals surface area (Å²) in [4.78, 5) is 36.8. The van der Waals surface area contributed by atoms with Crippen LogP contribution in [0.15, 0.2) is 6.07 Å². The highest BCUT2D eigenvalue weighted by Gasteiger charge is 2.28. The lowest BCUT2D eigenvalue weighted by Gasteiger charge is -2.24. The molecule has 0 saturated carbocycles. The van der Waals surface area contributed by atoms with Crippen molar-refractivity contribution < 1.29 is 14.4 Å². The van der Waals surface area contributed by atoms with Gasteiger partial charge in [0.2, 0.25) is 11.8 Å². The zero-order valence-electron chi connectivity index (χ0n) is 9.15. The number of hydrogen-bond donors (Lipinski definition) is 2. The Kier molecular flexibility index (Phi) is 2.84. The van der Waals surface area contributed by atoms with E-state index in [0.717, 1.165) is 4.88 Å². The van der Waals surface area contributed by atoms with Crippen LogP contribution in [0.1, 0.15) is 14.5 Å². The fourth-order valence-electron chi connectivity index (χ4n) is 1.54. The quantitative estimate of drug-likeness (QED) is 0.674. The van der Waals surface area contributed by atoms with Gasteiger partial charge in [-0.3, -0.25) is 19.7 Å². The summed E-state index contributed by atoms with van der Waals surface area (Å²) in [6.07, 6.45) is 0. The van der Waals surface area contributed by atoms with Crippen molar-refractivity contribution in [3.8, 4) is 0 Å². The molecule has 1 aliphatic heterocycles. The third-order valence-electron chi connectivity index (χ3n) is 2.40. The number of nitrogens with zero attached hydrogens (tertiary/aromatic N) is 1. The minimum absolute atomic E-state index is 0.0958. The topological polar surface area (TPSA) is 92.5 Å². The fourth-order valence-corrected chi connectivity index (χ4v) is 2.45. The van der Waals surface area contributed by atoms with Gasteiger partial charge in [0.15, 0.2) is 0 Å². The van der Waals surface area contributed by atoms with Crippen molar-refractivity contribution in [1.82, 2.24) is 10.2 Å². The Labute approximate surface area is 101 Å². The van der Waals surface area contributed by atoms with E-state index in [0.29, 0.717) is 10.6 Å². The van der Waals surface area contributed by atoms with Crippen LogP contribution in [0.2, 0.25) is 0 Å². The lowest BCUT2D eigenvalue weighted by atomic mass is 10.3. The standard InChI is InChI=1S/C10H11N3O3S/c1-5-6(11)2-7(17-5)10(16)13-3-8(14)12-9(15)4-13/h2H,3-4,11H2,1H3,(H,12,14,15). The van der Waals surface area contributed by atoms with Crippen molar-refractivity contribution in [2.45, 2.75) is 6.92 Å². The maximum atomic E-state index is 12.0. The molecule has 0 aliphatic carbocycles. The first-order valence-corrected chi connectivity index (χ1v) is 5.77. The monoisotopic (exact) mass is 253 g/mol. The van der Waals surface area contributed by atoms with Gasteiger partial charge in [-0.05, 0) is 13.0 Å². The Bertz CT molecular complexity index is 473. The lowest BCUT2D eigenvalue weighted by molar-refractivity contribution is -0.135. The second-order valence-electron chi connectivity index (χ2n) is 3.75. The van der Waals surface area contributed by atoms with E-state index in [2.05, 4.69) is 5.32 Å². The molecule has 7 heteroatoms. The van der Waals surface area contributed by atoms with Crippen LogP contribution in [0.4, 0.5) is 5.69 Å². The lowest BCUT2D eigenvalue weighted by Crippen LogP contribution is -2.53. The predicted molar refractivity (Wildman–Crippen MR) is 62.5 cm³/mol. The fraction of sp³-hybridized carbons (Fsp3) is 0.300. The zero-order valence-corrected chi connectivity index (χ0v) is 9.97. The van der Waals surface area contributed by atoms with Gasteiger partial charge in [-0.25, -0.2) is 0 Å². The van der Waals surface area contributed by atoms with Crippen LogP contribution >= 0.6 is 11.3 Å². The normalized spacial score (nSPS) is 15.9. The van der Waals surface area contributed by atoms with E-state index in [1.54, 1.807) is 6.07 Å². The summed E-state index contributed by atoms with van der Waals surface area (Å²) < 4.78 is 0. The van der Waals surface area contributed by atoms with Gasteiger partial charge in [-0.2, -0.15) is 0 Å². The molecule has 90 valence electrons. The number of carbonyl (C=O) groups is 3. The number of amides is 3. The molecule has 0 atom stereocenters. The van der Waals surface area contributed by atoms with Crippen LogP contribution in [-0.2, 0) is 9.59 Å². The van der Waals surface area contributed by atoms with Crippen LogP contribution < -0.4 is 11.1 Å². The SMILES string of the molecule is Cc1sc(C(=O)N2CC(=O)NC(=O)C2)cc1N. The number of rotatable bonds is 1. The number of anilines is 1. The van der Waals surface area contributed by atoms with Crippen molar-refractivity contribution in [2.24, 2.45) is 0 Å². The van der Waals surface area contributed by atoms with Gasteiger partial charge in [0.1, 0.15) is 13.1 Å². The summed E-state index contributed by atoms with van der Waals surface area (Å²) in [7, 11) is 0. The molecule has 0 radical (unpaired) electrons. The molecule has 1 aliphatic rings. The summed E-state index contributed by atoms with van der Waals surface area (Å²) in [5, 5.41) is 2.14. The van der Waals surface area contributed by atoms with Crippen molar-refractivity contribution >= 4 is 34.7 Å². The molecule has 2 rings (SSSR count). The number of aryl methyl sites for hydroxylation is 1. The Balaban J connectivity index is 2.19. The van der Waals surface area contributed by atoms with E-state index in [1.807, 2.05) is 6.92 Å². The molecular formula is C10H11N3O3S. The molecule has 1 aromatic rings. The maximum absolute atomic E-state index is 12.0. The van der Waals surface area contributed by atoms with Gasteiger partial charge >= 0.3 is 0 Å². The molecule has 6 nitrogen and oxygen atoms in total. The summed E-state index contributed by atoms with van der Waals surface area (Å²) in [6.45, 7) is 1.62. The molecule has 1 fully saturated rings. The molecule has 0 spiro atoms. The van der Waals surface area contributed by atoms with Crippen molar-refractivity contribution in [3.05, 3.63) is 15.8 Å². The first-order chi connectivity index (χ1) is 7.97. The highest BCUT2D eigenvalue weighted by molar-refractivity contribution is 7.14. The van der Waals surface area contributed by atoms with E-state index in [9.17, 15) is 14.4 Å². The third-order valence-corrected chi connectivity index (χ3v) is 3.46. The number of nitrogens with two attached hydrogens (primary N) is 1. The summed E-state index contributed by atoms with van der Waals surface area (Å²) in [6, 6.07) is 1.57. The average Bonchev–Trinajstić information content (AvgIpc) is 2.57. The predicted octanol–water partition coefficient (Wildman–Crippen LogP) is -0.263. The first-order valence-electron chi connectivity index (χ1n) is 4.95. The van der Waals surface area contributed by atoms with Gasteiger partial charge in [0, 0.05) is 10.6 Å². The summed E-state index contributed by atoms with van der Waals surface area (Å²) in [5.41, 5.74) is 6.20. The molecule has 17 heavy (non-hydrogen) atoms. The Hall–Kier alpha value is -1.89. The number of nitrogens with one attached hydrogen (secondary N) is 1. The smallest absolute Gasteiger partial charge is 0.264 e. The minimum Gasteiger partial charge on any atom is -0.398 e. The maximum Gasteiger partial charge on any atom is 0.264 e. The first kappa shape index (κ1) is 11.6. The van der Waals surface area contributed by atoms with Crippen LogP contribution in [0.25, 0.3) is 0 Å². The second kappa shape index (κ2) is 4.17. The van der Waals surface area contributed by atoms with Gasteiger partial charge < -0.3 is 10.6 Å². The molecule has 1 saturated heterocycles. The number of imide groups is 1. The molecule has 3 amide bonds. The minimum atomic E-state index is -0.462. The summed E-state index contributed by atoms with van der Waals surface area (Å²) in [5.74, 6) is -1.26. The second-order valence-corrected chi connectivity index (χ2v) is 5.01. The number of carbonyl (C=O) groups excluding carboxylic acids is 3. The van der Waals surface area contributed by atoms with E-state index >= 15 is 0 Å². The van der Waals surface area contributed by atoms with Gasteiger partial charge in [-0.15, -0.1) is 11.3 Å². The number of nitrogen functional groups attached to an aromatic ring is 1. The zero-order chi connectivity index (χ0) is 12.6. The van der Waals surface area contributed by atoms with Crippen LogP contribution in [-0.4, -0.2) is 35.7 Å². The largest absolute Gasteiger partial charge is 0.398 e. The molecule has 1 aromatic heterocycles. The van der Waals surface area contributed by atoms with Crippen LogP contribution in [0.3, 0.4) is 0 Å². The van der Waals surface area contributed by atoms with Gasteiger partial charge in [0.05, 0.1) is 4.88 Å². The van der Waals surface area contributed by atoms with Crippen molar-refractivity contribution in [3.63, 3.8) is 0 Å². The molecular weight excluding hydrogens is 242 g/mol. The highest BCUT2D eigenvalue weighted by Crippen LogP contribution is 2.24. The Morgan fingerprint density at radius 2 is 2.00 bits per heavy atom. The van der Waals surface area contributed by atoms with Crippen LogP contribution in [0, 0.1) is 6.92 Å². The molecule has 3 N–H and O–H groups in total. The van der Waals surface area contributed by atoms with Crippen molar-refractivity contribution in [2.75, 3.05) is 18.8 Å². The van der Waals surface area contributed by atoms with Gasteiger partial charge in [-0.1, -0.05) is 0 Å². The third kappa shape index (κ3) is 2.28. The van der Waals surface area contributed by atoms with Crippen molar-refractivity contribution in [1.29, 1.82) is 0 Å². The van der Waals surface area contributed by atoms with Gasteiger partial charge in [0.25, 0.3) is 5.91 Å². The molecule has 0 unspecified atom stereocenters.